The highest BCUT2D eigenvalue weighted by Crippen LogP contribution is 2.13. The highest BCUT2D eigenvalue weighted by Gasteiger charge is 2.26. The molecule has 0 radical (unpaired) electrons. The fourth-order valence-electron chi connectivity index (χ4n) is 3.54. The highest BCUT2D eigenvalue weighted by atomic mass is 16.5. The third kappa shape index (κ3) is 6.80. The standard InChI is InChI=1S/C24H30N2O5/c1-2-16-30-24(29)20-8-10-22(11-9-20)31-18-21(27)17-25-12-14-26(15-13-25)23(28)19-6-4-3-5-7-19/h3-11,21,27H,2,12-18H2,1H3/p+1/t21-/m0/s1. The van der Waals surface area contributed by atoms with Gasteiger partial charge in [0.05, 0.1) is 38.3 Å². The SMILES string of the molecule is CCCOC(=O)c1ccc(OC[C@@H](O)C[NH+]2CCN(C(=O)c3ccccc3)CC2)cc1. The first-order valence-corrected chi connectivity index (χ1v) is 10.8. The quantitative estimate of drug-likeness (QED) is 0.585. The summed E-state index contributed by atoms with van der Waals surface area (Å²) in [7, 11) is 0. The average Bonchev–Trinajstić information content (AvgIpc) is 2.82. The number of quaternary nitrogens is 1. The third-order valence-electron chi connectivity index (χ3n) is 5.27. The van der Waals surface area contributed by atoms with Crippen molar-refractivity contribution >= 4 is 11.9 Å². The smallest absolute Gasteiger partial charge is 0.338 e. The number of esters is 1. The van der Waals surface area contributed by atoms with E-state index in [4.69, 9.17) is 9.47 Å². The number of rotatable bonds is 9. The van der Waals surface area contributed by atoms with Crippen LogP contribution in [0.4, 0.5) is 0 Å². The van der Waals surface area contributed by atoms with Crippen LogP contribution in [-0.2, 0) is 4.74 Å². The van der Waals surface area contributed by atoms with Crippen molar-refractivity contribution in [2.45, 2.75) is 19.4 Å². The Morgan fingerprint density at radius 2 is 1.71 bits per heavy atom. The summed E-state index contributed by atoms with van der Waals surface area (Å²) in [6, 6.07) is 16.0. The van der Waals surface area contributed by atoms with Crippen molar-refractivity contribution < 1.29 is 29.1 Å². The molecule has 1 amide bonds. The Balaban J connectivity index is 1.38. The zero-order valence-electron chi connectivity index (χ0n) is 18.0. The number of aliphatic hydroxyl groups is 1. The molecule has 7 nitrogen and oxygen atoms in total. The Kier molecular flexibility index (Phi) is 8.44. The number of hydrogen-bond donors (Lipinski definition) is 2. The molecule has 166 valence electrons. The summed E-state index contributed by atoms with van der Waals surface area (Å²) in [6.07, 6.45) is 0.172. The first-order chi connectivity index (χ1) is 15.1. The summed E-state index contributed by atoms with van der Waals surface area (Å²) in [6.45, 7) is 6.03. The van der Waals surface area contributed by atoms with E-state index >= 15 is 0 Å². The molecule has 7 heteroatoms. The predicted molar refractivity (Wildman–Crippen MR) is 116 cm³/mol. The molecule has 0 aromatic heterocycles. The van der Waals surface area contributed by atoms with Gasteiger partial charge in [0.25, 0.3) is 5.91 Å². The topological polar surface area (TPSA) is 80.5 Å². The van der Waals surface area contributed by atoms with Gasteiger partial charge >= 0.3 is 5.97 Å². The number of nitrogens with zero attached hydrogens (tertiary/aromatic N) is 1. The van der Waals surface area contributed by atoms with Crippen molar-refractivity contribution in [2.75, 3.05) is 45.9 Å². The van der Waals surface area contributed by atoms with Crippen molar-refractivity contribution in [1.29, 1.82) is 0 Å². The maximum atomic E-state index is 12.5. The summed E-state index contributed by atoms with van der Waals surface area (Å²) in [5, 5.41) is 10.4. The Hall–Kier alpha value is -2.90. The van der Waals surface area contributed by atoms with Gasteiger partial charge < -0.3 is 24.4 Å². The molecular formula is C24H31N2O5+. The fourth-order valence-corrected chi connectivity index (χ4v) is 3.54. The van der Waals surface area contributed by atoms with E-state index in [1.165, 1.54) is 4.90 Å². The predicted octanol–water partition coefficient (Wildman–Crippen LogP) is 1.03. The lowest BCUT2D eigenvalue weighted by Crippen LogP contribution is -3.16. The van der Waals surface area contributed by atoms with Gasteiger partial charge in [-0.05, 0) is 42.8 Å². The second-order valence-corrected chi connectivity index (χ2v) is 7.74. The molecule has 1 fully saturated rings. The molecule has 2 aromatic carbocycles. The fraction of sp³-hybridized carbons (Fsp3) is 0.417. The van der Waals surface area contributed by atoms with E-state index in [0.29, 0.717) is 43.1 Å². The number of benzene rings is 2. The Morgan fingerprint density at radius 3 is 2.35 bits per heavy atom. The molecule has 0 saturated carbocycles. The minimum absolute atomic E-state index is 0.0607. The summed E-state index contributed by atoms with van der Waals surface area (Å²) >= 11 is 0. The van der Waals surface area contributed by atoms with Crippen LogP contribution < -0.4 is 9.64 Å². The molecule has 1 atom stereocenters. The molecule has 0 aliphatic carbocycles. The maximum absolute atomic E-state index is 12.5. The van der Waals surface area contributed by atoms with Gasteiger partial charge in [0.15, 0.2) is 0 Å². The minimum Gasteiger partial charge on any atom is -0.491 e. The Morgan fingerprint density at radius 1 is 1.03 bits per heavy atom. The van der Waals surface area contributed by atoms with Gasteiger partial charge in [0, 0.05) is 5.56 Å². The average molecular weight is 428 g/mol. The van der Waals surface area contributed by atoms with E-state index in [2.05, 4.69) is 0 Å². The van der Waals surface area contributed by atoms with Gasteiger partial charge in [0.2, 0.25) is 0 Å². The van der Waals surface area contributed by atoms with Crippen molar-refractivity contribution in [3.05, 3.63) is 65.7 Å². The Labute approximate surface area is 183 Å². The van der Waals surface area contributed by atoms with Gasteiger partial charge in [-0.1, -0.05) is 25.1 Å². The number of carbonyl (C=O) groups is 2. The van der Waals surface area contributed by atoms with Gasteiger partial charge in [-0.25, -0.2) is 4.79 Å². The number of hydrogen-bond acceptors (Lipinski definition) is 5. The second kappa shape index (κ2) is 11.5. The second-order valence-electron chi connectivity index (χ2n) is 7.74. The van der Waals surface area contributed by atoms with Gasteiger partial charge in [-0.15, -0.1) is 0 Å². The molecule has 3 rings (SSSR count). The Bertz CT molecular complexity index is 833. The van der Waals surface area contributed by atoms with E-state index in [9.17, 15) is 14.7 Å². The molecule has 0 bridgehead atoms. The molecule has 2 aromatic rings. The van der Waals surface area contributed by atoms with Crippen molar-refractivity contribution in [1.82, 2.24) is 4.90 Å². The van der Waals surface area contributed by atoms with Crippen LogP contribution in [0.25, 0.3) is 0 Å². The minimum atomic E-state index is -0.611. The van der Waals surface area contributed by atoms with Crippen LogP contribution in [0.3, 0.4) is 0 Å². The van der Waals surface area contributed by atoms with Crippen LogP contribution in [-0.4, -0.2) is 73.9 Å². The number of nitrogens with one attached hydrogen (secondary N) is 1. The van der Waals surface area contributed by atoms with Crippen LogP contribution in [0.1, 0.15) is 34.1 Å². The zero-order chi connectivity index (χ0) is 22.1. The lowest BCUT2D eigenvalue weighted by atomic mass is 10.2. The number of ether oxygens (including phenoxy) is 2. The largest absolute Gasteiger partial charge is 0.491 e. The summed E-state index contributed by atoms with van der Waals surface area (Å²) in [4.78, 5) is 27.5. The van der Waals surface area contributed by atoms with E-state index in [-0.39, 0.29) is 18.5 Å². The molecule has 1 heterocycles. The van der Waals surface area contributed by atoms with Crippen LogP contribution >= 0.6 is 0 Å². The maximum Gasteiger partial charge on any atom is 0.338 e. The zero-order valence-corrected chi connectivity index (χ0v) is 18.0. The van der Waals surface area contributed by atoms with Crippen molar-refractivity contribution in [3.8, 4) is 5.75 Å². The number of piperazine rings is 1. The van der Waals surface area contributed by atoms with Crippen molar-refractivity contribution in [2.24, 2.45) is 0 Å². The number of aliphatic hydroxyl groups excluding tert-OH is 1. The molecule has 1 saturated heterocycles. The number of carbonyl (C=O) groups excluding carboxylic acids is 2. The monoisotopic (exact) mass is 427 g/mol. The lowest BCUT2D eigenvalue weighted by molar-refractivity contribution is -0.907. The van der Waals surface area contributed by atoms with Crippen molar-refractivity contribution in [3.63, 3.8) is 0 Å². The van der Waals surface area contributed by atoms with Gasteiger partial charge in [0.1, 0.15) is 25.0 Å². The summed E-state index contributed by atoms with van der Waals surface area (Å²) in [5.41, 5.74) is 1.19. The van der Waals surface area contributed by atoms with E-state index in [1.54, 1.807) is 24.3 Å². The van der Waals surface area contributed by atoms with Gasteiger partial charge in [-0.2, -0.15) is 0 Å². The summed E-state index contributed by atoms with van der Waals surface area (Å²) < 4.78 is 10.8. The first kappa shape index (κ1) is 22.8. The lowest BCUT2D eigenvalue weighted by Gasteiger charge is -2.33. The van der Waals surface area contributed by atoms with Gasteiger partial charge in [-0.3, -0.25) is 4.79 Å². The molecule has 1 aliphatic rings. The highest BCUT2D eigenvalue weighted by molar-refractivity contribution is 5.94. The van der Waals surface area contributed by atoms with E-state index < -0.39 is 6.10 Å². The summed E-state index contributed by atoms with van der Waals surface area (Å²) in [5.74, 6) is 0.312. The van der Waals surface area contributed by atoms with Crippen LogP contribution in [0.2, 0.25) is 0 Å². The number of amides is 1. The molecule has 0 spiro atoms. The third-order valence-corrected chi connectivity index (χ3v) is 5.27. The molecule has 0 unspecified atom stereocenters. The molecule has 31 heavy (non-hydrogen) atoms. The van der Waals surface area contributed by atoms with Crippen LogP contribution in [0.15, 0.2) is 54.6 Å². The van der Waals surface area contributed by atoms with E-state index in [1.807, 2.05) is 42.2 Å². The normalized spacial score (nSPS) is 15.4. The van der Waals surface area contributed by atoms with Crippen LogP contribution in [0.5, 0.6) is 5.75 Å². The molecular weight excluding hydrogens is 396 g/mol. The van der Waals surface area contributed by atoms with Crippen LogP contribution in [0, 0.1) is 0 Å². The molecule has 1 aliphatic heterocycles. The van der Waals surface area contributed by atoms with E-state index in [0.717, 1.165) is 19.5 Å². The molecule has 2 N–H and O–H groups in total. The first-order valence-electron chi connectivity index (χ1n) is 10.8.